The Morgan fingerprint density at radius 2 is 1.97 bits per heavy atom. The first-order chi connectivity index (χ1) is 15.6. The first kappa shape index (κ1) is 21.5. The summed E-state index contributed by atoms with van der Waals surface area (Å²) in [5, 5.41) is 18.1. The van der Waals surface area contributed by atoms with Gasteiger partial charge in [-0.1, -0.05) is 49.1 Å². The number of unbranched alkanes of at least 4 members (excludes halogenated alkanes) is 2. The minimum atomic E-state index is -0.458. The molecule has 0 spiro atoms. The molecule has 0 radical (unpaired) electrons. The summed E-state index contributed by atoms with van der Waals surface area (Å²) < 4.78 is 7.47. The largest absolute Gasteiger partial charge is 0.494 e. The minimum Gasteiger partial charge on any atom is -0.494 e. The van der Waals surface area contributed by atoms with Crippen LogP contribution in [0.1, 0.15) is 50.3 Å². The molecule has 1 aromatic heterocycles. The third-order valence-electron chi connectivity index (χ3n) is 5.45. The third-order valence-corrected chi connectivity index (χ3v) is 5.45. The third kappa shape index (κ3) is 4.64. The lowest BCUT2D eigenvalue weighted by atomic mass is 9.95. The zero-order chi connectivity index (χ0) is 22.5. The molecule has 2 N–H and O–H groups in total. The second-order valence-electron chi connectivity index (χ2n) is 7.96. The Kier molecular flexibility index (Phi) is 6.49. The number of amides is 1. The van der Waals surface area contributed by atoms with Crippen molar-refractivity contribution in [1.82, 2.24) is 20.2 Å². The van der Waals surface area contributed by atoms with Gasteiger partial charge in [0.15, 0.2) is 0 Å². The summed E-state index contributed by atoms with van der Waals surface area (Å²) in [6.07, 6.45) is 3.34. The average molecular weight is 433 g/mol. The number of aryl methyl sites for hydroxylation is 1. The Balaban J connectivity index is 1.61. The van der Waals surface area contributed by atoms with E-state index in [0.29, 0.717) is 23.8 Å². The Morgan fingerprint density at radius 1 is 1.16 bits per heavy atom. The highest BCUT2D eigenvalue weighted by Gasteiger charge is 2.34. The molecule has 0 aliphatic carbocycles. The molecule has 1 amide bonds. The fraction of sp³-hybridized carbons (Fsp3) is 0.333. The summed E-state index contributed by atoms with van der Waals surface area (Å²) in [7, 11) is 0. The van der Waals surface area contributed by atoms with Crippen molar-refractivity contribution in [2.45, 2.75) is 46.1 Å². The van der Waals surface area contributed by atoms with Crippen LogP contribution in [0.15, 0.2) is 59.8 Å². The van der Waals surface area contributed by atoms with E-state index in [1.807, 2.05) is 62.4 Å². The number of fused-ring (bicyclic) bond motifs is 1. The maximum Gasteiger partial charge on any atom is 0.255 e. The predicted molar refractivity (Wildman–Crippen MR) is 124 cm³/mol. The van der Waals surface area contributed by atoms with Gasteiger partial charge in [-0.3, -0.25) is 4.79 Å². The van der Waals surface area contributed by atoms with E-state index in [1.54, 1.807) is 4.68 Å². The molecule has 1 aliphatic rings. The first-order valence-electron chi connectivity index (χ1n) is 10.9. The molecule has 1 aliphatic heterocycles. The Hall–Kier alpha value is -3.68. The number of tetrazole rings is 1. The second-order valence-corrected chi connectivity index (χ2v) is 7.96. The fourth-order valence-electron chi connectivity index (χ4n) is 3.82. The lowest BCUT2D eigenvalue weighted by Crippen LogP contribution is -2.31. The molecule has 32 heavy (non-hydrogen) atoms. The van der Waals surface area contributed by atoms with Crippen LogP contribution in [0.25, 0.3) is 0 Å². The predicted octanol–water partition coefficient (Wildman–Crippen LogP) is 4.48. The van der Waals surface area contributed by atoms with Crippen LogP contribution in [0.4, 0.5) is 11.6 Å². The molecule has 1 atom stereocenters. The van der Waals surface area contributed by atoms with E-state index < -0.39 is 6.04 Å². The van der Waals surface area contributed by atoms with E-state index in [0.717, 1.165) is 41.8 Å². The lowest BCUT2D eigenvalue weighted by Gasteiger charge is -2.28. The van der Waals surface area contributed by atoms with Crippen LogP contribution in [0.2, 0.25) is 0 Å². The normalized spacial score (nSPS) is 15.2. The van der Waals surface area contributed by atoms with E-state index in [2.05, 4.69) is 33.1 Å². The molecule has 0 saturated heterocycles. The van der Waals surface area contributed by atoms with E-state index in [1.165, 1.54) is 0 Å². The summed E-state index contributed by atoms with van der Waals surface area (Å²) in [4.78, 5) is 13.4. The maximum atomic E-state index is 13.4. The summed E-state index contributed by atoms with van der Waals surface area (Å²) >= 11 is 0. The maximum absolute atomic E-state index is 13.4. The molecule has 0 fully saturated rings. The van der Waals surface area contributed by atoms with E-state index in [-0.39, 0.29) is 5.91 Å². The number of aromatic nitrogens is 4. The molecule has 166 valence electrons. The summed E-state index contributed by atoms with van der Waals surface area (Å²) in [6.45, 7) is 6.72. The van der Waals surface area contributed by atoms with Gasteiger partial charge in [0, 0.05) is 11.4 Å². The summed E-state index contributed by atoms with van der Waals surface area (Å²) in [5.74, 6) is 1.10. The van der Waals surface area contributed by atoms with Crippen molar-refractivity contribution in [3.63, 3.8) is 0 Å². The number of carbonyl (C=O) groups excluding carboxylic acids is 1. The van der Waals surface area contributed by atoms with Gasteiger partial charge in [0.25, 0.3) is 5.91 Å². The molecule has 8 heteroatoms. The van der Waals surface area contributed by atoms with Crippen LogP contribution in [0.3, 0.4) is 0 Å². The average Bonchev–Trinajstić information content (AvgIpc) is 3.24. The second kappa shape index (κ2) is 9.64. The monoisotopic (exact) mass is 432 g/mol. The van der Waals surface area contributed by atoms with Crippen molar-refractivity contribution in [3.05, 3.63) is 70.9 Å². The van der Waals surface area contributed by atoms with Gasteiger partial charge in [0.2, 0.25) is 5.95 Å². The number of rotatable bonds is 8. The molecule has 2 heterocycles. The van der Waals surface area contributed by atoms with Crippen LogP contribution in [0, 0.1) is 6.92 Å². The molecular weight excluding hydrogens is 404 g/mol. The number of benzene rings is 2. The topological polar surface area (TPSA) is 94.0 Å². The van der Waals surface area contributed by atoms with Gasteiger partial charge in [-0.25, -0.2) is 0 Å². The van der Waals surface area contributed by atoms with Crippen molar-refractivity contribution in [2.24, 2.45) is 0 Å². The van der Waals surface area contributed by atoms with Crippen molar-refractivity contribution in [2.75, 3.05) is 17.2 Å². The van der Waals surface area contributed by atoms with Crippen molar-refractivity contribution in [1.29, 1.82) is 0 Å². The molecule has 1 unspecified atom stereocenters. The molecular formula is C24H28N6O2. The van der Waals surface area contributed by atoms with Crippen molar-refractivity contribution < 1.29 is 9.53 Å². The molecule has 8 nitrogen and oxygen atoms in total. The lowest BCUT2D eigenvalue weighted by molar-refractivity contribution is -0.113. The molecule has 4 rings (SSSR count). The highest BCUT2D eigenvalue weighted by Crippen LogP contribution is 2.35. The first-order valence-corrected chi connectivity index (χ1v) is 10.9. The number of ether oxygens (including phenoxy) is 1. The fourth-order valence-corrected chi connectivity index (χ4v) is 3.82. The minimum absolute atomic E-state index is 0.202. The van der Waals surface area contributed by atoms with Crippen LogP contribution >= 0.6 is 0 Å². The van der Waals surface area contributed by atoms with Crippen molar-refractivity contribution >= 4 is 17.5 Å². The van der Waals surface area contributed by atoms with E-state index in [4.69, 9.17) is 4.74 Å². The molecule has 2 aromatic carbocycles. The van der Waals surface area contributed by atoms with Crippen LogP contribution < -0.4 is 15.4 Å². The zero-order valence-corrected chi connectivity index (χ0v) is 18.6. The molecule has 3 aromatic rings. The number of nitrogens with zero attached hydrogens (tertiary/aromatic N) is 4. The van der Waals surface area contributed by atoms with Crippen LogP contribution in [0.5, 0.6) is 5.75 Å². The Bertz CT molecular complexity index is 1120. The smallest absolute Gasteiger partial charge is 0.255 e. The number of allylic oxidation sites excluding steroid dienone is 1. The number of hydrogen-bond acceptors (Lipinski definition) is 6. The highest BCUT2D eigenvalue weighted by molar-refractivity contribution is 6.06. The molecule has 0 saturated carbocycles. The van der Waals surface area contributed by atoms with Gasteiger partial charge in [0.05, 0.1) is 12.2 Å². The van der Waals surface area contributed by atoms with Gasteiger partial charge in [-0.2, -0.15) is 4.68 Å². The highest BCUT2D eigenvalue weighted by atomic mass is 16.5. The SMILES string of the molecule is CCCCCOc1ccc(C2C(C(=O)Nc3cccc(C)c3)=C(C)Nc3nnnn32)cc1. The summed E-state index contributed by atoms with van der Waals surface area (Å²) in [5.41, 5.74) is 3.98. The molecule has 0 bridgehead atoms. The Labute approximate surface area is 187 Å². The van der Waals surface area contributed by atoms with Gasteiger partial charge in [0.1, 0.15) is 11.8 Å². The standard InChI is InChI=1S/C24H28N6O2/c1-4-5-6-14-32-20-12-10-18(11-13-20)22-21(17(3)25-24-27-28-29-30(22)24)23(31)26-19-9-7-8-16(2)15-19/h7-13,15,22H,4-6,14H2,1-3H3,(H,26,31)(H,25,27,29). The number of nitrogens with one attached hydrogen (secondary N) is 2. The zero-order valence-electron chi connectivity index (χ0n) is 18.6. The van der Waals surface area contributed by atoms with E-state index in [9.17, 15) is 4.79 Å². The van der Waals surface area contributed by atoms with Gasteiger partial charge in [-0.05, 0) is 66.1 Å². The van der Waals surface area contributed by atoms with E-state index >= 15 is 0 Å². The van der Waals surface area contributed by atoms with Gasteiger partial charge >= 0.3 is 0 Å². The van der Waals surface area contributed by atoms with Crippen LogP contribution in [-0.4, -0.2) is 32.7 Å². The van der Waals surface area contributed by atoms with Gasteiger partial charge in [-0.15, -0.1) is 0 Å². The van der Waals surface area contributed by atoms with Crippen LogP contribution in [-0.2, 0) is 4.79 Å². The van der Waals surface area contributed by atoms with Crippen molar-refractivity contribution in [3.8, 4) is 5.75 Å². The number of hydrogen-bond donors (Lipinski definition) is 2. The van der Waals surface area contributed by atoms with Gasteiger partial charge < -0.3 is 15.4 Å². The number of anilines is 2. The summed E-state index contributed by atoms with van der Waals surface area (Å²) in [6, 6.07) is 15.0. The Morgan fingerprint density at radius 3 is 2.72 bits per heavy atom. The quantitative estimate of drug-likeness (QED) is 0.510. The number of carbonyl (C=O) groups is 1.